The highest BCUT2D eigenvalue weighted by Gasteiger charge is 2.10. The third kappa shape index (κ3) is 3.38. The van der Waals surface area contributed by atoms with Gasteiger partial charge in [-0.3, -0.25) is 4.79 Å². The fraction of sp³-hybridized carbons (Fsp3) is 0.0625. The highest BCUT2D eigenvalue weighted by atomic mass is 16.3. The number of nitrogens with one attached hydrogen (secondary N) is 1. The molecule has 0 bridgehead atoms. The molecule has 2 aromatic carbocycles. The van der Waals surface area contributed by atoms with Crippen molar-refractivity contribution >= 4 is 11.6 Å². The van der Waals surface area contributed by atoms with Gasteiger partial charge in [-0.1, -0.05) is 30.8 Å². The molecule has 0 aliphatic rings. The number of hydrogen-bond donors (Lipinski definition) is 3. The van der Waals surface area contributed by atoms with Crippen LogP contribution in [0.1, 0.15) is 15.9 Å². The van der Waals surface area contributed by atoms with E-state index in [-0.39, 0.29) is 23.0 Å². The van der Waals surface area contributed by atoms with Crippen LogP contribution in [-0.4, -0.2) is 16.1 Å². The summed E-state index contributed by atoms with van der Waals surface area (Å²) >= 11 is 0. The lowest BCUT2D eigenvalue weighted by Crippen LogP contribution is -2.11. The zero-order valence-corrected chi connectivity index (χ0v) is 10.8. The molecule has 0 aliphatic heterocycles. The molecular formula is C16H15NO3. The number of aliphatic hydroxyl groups is 1. The SMILES string of the molecule is C=C(O)Cc1ccc(NC(=O)c2ccccc2O)cc1. The first-order valence-corrected chi connectivity index (χ1v) is 6.11. The number of carbonyl (C=O) groups excluding carboxylic acids is 1. The smallest absolute Gasteiger partial charge is 0.259 e. The second-order valence-corrected chi connectivity index (χ2v) is 4.41. The van der Waals surface area contributed by atoms with Gasteiger partial charge in [-0.15, -0.1) is 0 Å². The summed E-state index contributed by atoms with van der Waals surface area (Å²) in [6.07, 6.45) is 0.383. The molecule has 0 spiro atoms. The zero-order chi connectivity index (χ0) is 14.5. The van der Waals surface area contributed by atoms with E-state index >= 15 is 0 Å². The van der Waals surface area contributed by atoms with Gasteiger partial charge in [-0.05, 0) is 29.8 Å². The highest BCUT2D eigenvalue weighted by molar-refractivity contribution is 6.06. The second-order valence-electron chi connectivity index (χ2n) is 4.41. The summed E-state index contributed by atoms with van der Waals surface area (Å²) in [5, 5.41) is 21.4. The number of amides is 1. The molecule has 0 saturated carbocycles. The van der Waals surface area contributed by atoms with Crippen LogP contribution in [0.5, 0.6) is 5.75 Å². The van der Waals surface area contributed by atoms with E-state index < -0.39 is 0 Å². The summed E-state index contributed by atoms with van der Waals surface area (Å²) in [4.78, 5) is 12.0. The van der Waals surface area contributed by atoms with Crippen LogP contribution in [0.2, 0.25) is 0 Å². The first-order chi connectivity index (χ1) is 9.56. The number of allylic oxidation sites excluding steroid dienone is 1. The van der Waals surface area contributed by atoms with Crippen molar-refractivity contribution in [3.05, 3.63) is 72.0 Å². The molecule has 0 saturated heterocycles. The van der Waals surface area contributed by atoms with Crippen LogP contribution in [0.4, 0.5) is 5.69 Å². The summed E-state index contributed by atoms with van der Waals surface area (Å²) in [6, 6.07) is 13.4. The van der Waals surface area contributed by atoms with E-state index in [0.717, 1.165) is 5.56 Å². The number of aliphatic hydroxyl groups excluding tert-OH is 1. The number of phenols is 1. The number of carbonyl (C=O) groups is 1. The molecule has 4 nitrogen and oxygen atoms in total. The largest absolute Gasteiger partial charge is 0.513 e. The molecule has 0 atom stereocenters. The topological polar surface area (TPSA) is 69.6 Å². The summed E-state index contributed by atoms with van der Waals surface area (Å²) < 4.78 is 0. The molecule has 0 fully saturated rings. The Morgan fingerprint density at radius 3 is 2.35 bits per heavy atom. The Morgan fingerprint density at radius 2 is 1.75 bits per heavy atom. The van der Waals surface area contributed by atoms with Crippen LogP contribution in [0.15, 0.2) is 60.9 Å². The fourth-order valence-corrected chi connectivity index (χ4v) is 1.81. The predicted octanol–water partition coefficient (Wildman–Crippen LogP) is 3.26. The van der Waals surface area contributed by atoms with E-state index in [4.69, 9.17) is 5.11 Å². The molecule has 2 aromatic rings. The van der Waals surface area contributed by atoms with Gasteiger partial charge in [0.05, 0.1) is 11.3 Å². The Kier molecular flexibility index (Phi) is 4.05. The Bertz CT molecular complexity index is 632. The third-order valence-electron chi connectivity index (χ3n) is 2.77. The maximum atomic E-state index is 12.0. The standard InChI is InChI=1S/C16H15NO3/c1-11(18)10-12-6-8-13(9-7-12)17-16(20)14-4-2-3-5-15(14)19/h2-9,18-19H,1,10H2,(H,17,20). The number of para-hydroxylation sites is 1. The number of anilines is 1. The molecule has 2 rings (SSSR count). The quantitative estimate of drug-likeness (QED) is 0.746. The van der Waals surface area contributed by atoms with Crippen molar-refractivity contribution in [3.8, 4) is 5.75 Å². The maximum absolute atomic E-state index is 12.0. The lowest BCUT2D eigenvalue weighted by Gasteiger charge is -2.07. The van der Waals surface area contributed by atoms with Gasteiger partial charge in [0.1, 0.15) is 5.75 Å². The lowest BCUT2D eigenvalue weighted by molar-refractivity contribution is 0.102. The summed E-state index contributed by atoms with van der Waals surface area (Å²) in [7, 11) is 0. The first kappa shape index (κ1) is 13.7. The molecule has 4 heteroatoms. The maximum Gasteiger partial charge on any atom is 0.259 e. The minimum absolute atomic E-state index is 0.0572. The molecule has 102 valence electrons. The van der Waals surface area contributed by atoms with Crippen molar-refractivity contribution in [2.75, 3.05) is 5.32 Å². The molecule has 3 N–H and O–H groups in total. The lowest BCUT2D eigenvalue weighted by atomic mass is 10.1. The predicted molar refractivity (Wildman–Crippen MR) is 78.0 cm³/mol. The monoisotopic (exact) mass is 269 g/mol. The summed E-state index contributed by atoms with van der Waals surface area (Å²) in [5.74, 6) is -0.336. The van der Waals surface area contributed by atoms with Gasteiger partial charge < -0.3 is 15.5 Å². The summed E-state index contributed by atoms with van der Waals surface area (Å²) in [6.45, 7) is 3.43. The van der Waals surface area contributed by atoms with Gasteiger partial charge in [-0.25, -0.2) is 0 Å². The van der Waals surface area contributed by atoms with Gasteiger partial charge in [0.25, 0.3) is 5.91 Å². The third-order valence-corrected chi connectivity index (χ3v) is 2.77. The fourth-order valence-electron chi connectivity index (χ4n) is 1.81. The van der Waals surface area contributed by atoms with Crippen molar-refractivity contribution in [2.45, 2.75) is 6.42 Å². The van der Waals surface area contributed by atoms with E-state index in [1.54, 1.807) is 42.5 Å². The van der Waals surface area contributed by atoms with Gasteiger partial charge in [0, 0.05) is 12.1 Å². The molecule has 0 unspecified atom stereocenters. The van der Waals surface area contributed by atoms with Crippen LogP contribution in [0.25, 0.3) is 0 Å². The van der Waals surface area contributed by atoms with Gasteiger partial charge in [-0.2, -0.15) is 0 Å². The first-order valence-electron chi connectivity index (χ1n) is 6.11. The normalized spacial score (nSPS) is 10.0. The average molecular weight is 269 g/mol. The van der Waals surface area contributed by atoms with Crippen molar-refractivity contribution in [1.82, 2.24) is 0 Å². The molecular weight excluding hydrogens is 254 g/mol. The van der Waals surface area contributed by atoms with Crippen LogP contribution < -0.4 is 5.32 Å². The van der Waals surface area contributed by atoms with Crippen LogP contribution in [-0.2, 0) is 6.42 Å². The van der Waals surface area contributed by atoms with Gasteiger partial charge in [0.2, 0.25) is 0 Å². The van der Waals surface area contributed by atoms with Crippen LogP contribution in [0.3, 0.4) is 0 Å². The molecule has 0 aliphatic carbocycles. The Balaban J connectivity index is 2.09. The number of rotatable bonds is 4. The Morgan fingerprint density at radius 1 is 1.10 bits per heavy atom. The van der Waals surface area contributed by atoms with E-state index in [1.165, 1.54) is 6.07 Å². The highest BCUT2D eigenvalue weighted by Crippen LogP contribution is 2.18. The number of hydrogen-bond acceptors (Lipinski definition) is 3. The van der Waals surface area contributed by atoms with Gasteiger partial charge in [0.15, 0.2) is 0 Å². The Labute approximate surface area is 117 Å². The Hall–Kier alpha value is -2.75. The second kappa shape index (κ2) is 5.93. The van der Waals surface area contributed by atoms with E-state index in [0.29, 0.717) is 12.1 Å². The van der Waals surface area contributed by atoms with E-state index in [1.807, 2.05) is 0 Å². The van der Waals surface area contributed by atoms with E-state index in [9.17, 15) is 9.90 Å². The summed E-state index contributed by atoms with van der Waals surface area (Å²) in [5.41, 5.74) is 1.74. The molecule has 0 radical (unpaired) electrons. The number of phenolic OH excluding ortho intramolecular Hbond substituents is 1. The van der Waals surface area contributed by atoms with Gasteiger partial charge >= 0.3 is 0 Å². The minimum Gasteiger partial charge on any atom is -0.513 e. The number of benzene rings is 2. The zero-order valence-electron chi connectivity index (χ0n) is 10.8. The molecule has 0 heterocycles. The van der Waals surface area contributed by atoms with Crippen LogP contribution in [0, 0.1) is 0 Å². The average Bonchev–Trinajstić information content (AvgIpc) is 2.41. The van der Waals surface area contributed by atoms with Crippen molar-refractivity contribution < 1.29 is 15.0 Å². The van der Waals surface area contributed by atoms with E-state index in [2.05, 4.69) is 11.9 Å². The molecule has 1 amide bonds. The molecule has 0 aromatic heterocycles. The minimum atomic E-state index is -0.373. The van der Waals surface area contributed by atoms with Crippen molar-refractivity contribution in [2.24, 2.45) is 0 Å². The number of aromatic hydroxyl groups is 1. The van der Waals surface area contributed by atoms with Crippen molar-refractivity contribution in [3.63, 3.8) is 0 Å². The van der Waals surface area contributed by atoms with Crippen LogP contribution >= 0.6 is 0 Å². The molecule has 20 heavy (non-hydrogen) atoms. The van der Waals surface area contributed by atoms with Crippen molar-refractivity contribution in [1.29, 1.82) is 0 Å².